The van der Waals surface area contributed by atoms with Crippen LogP contribution in [0, 0.1) is 0 Å². The SMILES string of the molecule is CNc1nc(CNS(=O)(=O)c2ccc(OC)cc2OC)cs1. The van der Waals surface area contributed by atoms with E-state index in [9.17, 15) is 8.42 Å². The van der Waals surface area contributed by atoms with Crippen LogP contribution in [-0.4, -0.2) is 34.7 Å². The minimum atomic E-state index is -3.71. The van der Waals surface area contributed by atoms with Gasteiger partial charge in [0, 0.05) is 18.5 Å². The Morgan fingerprint density at radius 3 is 2.64 bits per heavy atom. The van der Waals surface area contributed by atoms with Crippen LogP contribution in [0.1, 0.15) is 5.69 Å². The highest BCUT2D eigenvalue weighted by molar-refractivity contribution is 7.89. The lowest BCUT2D eigenvalue weighted by Crippen LogP contribution is -2.24. The van der Waals surface area contributed by atoms with Gasteiger partial charge in [-0.1, -0.05) is 0 Å². The lowest BCUT2D eigenvalue weighted by molar-refractivity contribution is 0.386. The highest BCUT2D eigenvalue weighted by Gasteiger charge is 2.20. The molecule has 2 rings (SSSR count). The van der Waals surface area contributed by atoms with E-state index in [1.807, 2.05) is 0 Å². The van der Waals surface area contributed by atoms with E-state index in [4.69, 9.17) is 9.47 Å². The summed E-state index contributed by atoms with van der Waals surface area (Å²) in [5, 5.41) is 5.43. The molecule has 120 valence electrons. The maximum absolute atomic E-state index is 12.4. The third kappa shape index (κ3) is 3.67. The normalized spacial score (nSPS) is 11.2. The summed E-state index contributed by atoms with van der Waals surface area (Å²) in [4.78, 5) is 4.28. The molecule has 0 saturated heterocycles. The van der Waals surface area contributed by atoms with Crippen molar-refractivity contribution >= 4 is 26.5 Å². The van der Waals surface area contributed by atoms with Crippen LogP contribution >= 0.6 is 11.3 Å². The number of anilines is 1. The first kappa shape index (κ1) is 16.5. The maximum Gasteiger partial charge on any atom is 0.244 e. The highest BCUT2D eigenvalue weighted by atomic mass is 32.2. The van der Waals surface area contributed by atoms with Crippen molar-refractivity contribution in [3.8, 4) is 11.5 Å². The Labute approximate surface area is 133 Å². The van der Waals surface area contributed by atoms with Gasteiger partial charge in [-0.2, -0.15) is 0 Å². The average Bonchev–Trinajstić information content (AvgIpc) is 3.00. The summed E-state index contributed by atoms with van der Waals surface area (Å²) in [5.41, 5.74) is 0.644. The molecule has 0 bridgehead atoms. The lowest BCUT2D eigenvalue weighted by atomic mass is 10.3. The van der Waals surface area contributed by atoms with Crippen molar-refractivity contribution in [2.45, 2.75) is 11.4 Å². The zero-order valence-electron chi connectivity index (χ0n) is 12.4. The van der Waals surface area contributed by atoms with E-state index in [1.165, 1.54) is 37.7 Å². The molecule has 0 fully saturated rings. The fraction of sp³-hybridized carbons (Fsp3) is 0.308. The van der Waals surface area contributed by atoms with Crippen molar-refractivity contribution in [2.24, 2.45) is 0 Å². The monoisotopic (exact) mass is 343 g/mol. The van der Waals surface area contributed by atoms with Gasteiger partial charge in [0.25, 0.3) is 0 Å². The molecule has 9 heteroatoms. The van der Waals surface area contributed by atoms with Gasteiger partial charge in [0.05, 0.1) is 26.5 Å². The number of sulfonamides is 1. The largest absolute Gasteiger partial charge is 0.497 e. The summed E-state index contributed by atoms with van der Waals surface area (Å²) in [6.07, 6.45) is 0. The molecule has 1 heterocycles. The molecular formula is C13H17N3O4S2. The Hall–Kier alpha value is -1.84. The van der Waals surface area contributed by atoms with Crippen LogP contribution in [0.25, 0.3) is 0 Å². The fourth-order valence-electron chi connectivity index (χ4n) is 1.75. The van der Waals surface area contributed by atoms with Gasteiger partial charge in [0.1, 0.15) is 16.4 Å². The molecule has 0 saturated carbocycles. The summed E-state index contributed by atoms with van der Waals surface area (Å²) < 4.78 is 37.5. The second kappa shape index (κ2) is 6.95. The number of methoxy groups -OCH3 is 2. The molecule has 0 spiro atoms. The summed E-state index contributed by atoms with van der Waals surface area (Å²) in [6, 6.07) is 4.54. The van der Waals surface area contributed by atoms with Crippen LogP contribution in [-0.2, 0) is 16.6 Å². The van der Waals surface area contributed by atoms with Gasteiger partial charge in [0.2, 0.25) is 10.0 Å². The summed E-state index contributed by atoms with van der Waals surface area (Å²) in [5.74, 6) is 0.745. The van der Waals surface area contributed by atoms with Crippen LogP contribution in [0.15, 0.2) is 28.5 Å². The van der Waals surface area contributed by atoms with Crippen molar-refractivity contribution < 1.29 is 17.9 Å². The number of thiazole rings is 1. The van der Waals surface area contributed by atoms with E-state index in [1.54, 1.807) is 18.5 Å². The molecule has 0 aliphatic carbocycles. The molecule has 2 N–H and O–H groups in total. The van der Waals surface area contributed by atoms with E-state index in [0.29, 0.717) is 11.4 Å². The van der Waals surface area contributed by atoms with E-state index in [0.717, 1.165) is 5.13 Å². The number of aromatic nitrogens is 1. The number of nitrogens with one attached hydrogen (secondary N) is 2. The highest BCUT2D eigenvalue weighted by Crippen LogP contribution is 2.28. The average molecular weight is 343 g/mol. The molecule has 7 nitrogen and oxygen atoms in total. The van der Waals surface area contributed by atoms with Gasteiger partial charge in [-0.05, 0) is 12.1 Å². The molecule has 0 aliphatic rings. The Morgan fingerprint density at radius 2 is 2.05 bits per heavy atom. The van der Waals surface area contributed by atoms with Crippen molar-refractivity contribution in [1.82, 2.24) is 9.71 Å². The molecule has 22 heavy (non-hydrogen) atoms. The number of rotatable bonds is 7. The van der Waals surface area contributed by atoms with Gasteiger partial charge < -0.3 is 14.8 Å². The zero-order chi connectivity index (χ0) is 16.2. The molecule has 0 amide bonds. The summed E-state index contributed by atoms with van der Waals surface area (Å²) >= 11 is 1.41. The minimum absolute atomic E-state index is 0.0554. The standard InChI is InChI=1S/C13H17N3O4S2/c1-14-13-16-9(8-21-13)7-15-22(17,18)12-5-4-10(19-2)6-11(12)20-3/h4-6,8,15H,7H2,1-3H3,(H,14,16). The summed E-state index contributed by atoms with van der Waals surface area (Å²) in [7, 11) is 0.962. The molecule has 1 aromatic carbocycles. The van der Waals surface area contributed by atoms with E-state index in [2.05, 4.69) is 15.0 Å². The smallest absolute Gasteiger partial charge is 0.244 e. The number of hydrogen-bond acceptors (Lipinski definition) is 7. The van der Waals surface area contributed by atoms with Crippen molar-refractivity contribution in [2.75, 3.05) is 26.6 Å². The second-order valence-corrected chi connectivity index (χ2v) is 6.83. The Bertz CT molecular complexity index is 743. The molecule has 0 radical (unpaired) electrons. The van der Waals surface area contributed by atoms with E-state index in [-0.39, 0.29) is 17.2 Å². The van der Waals surface area contributed by atoms with E-state index >= 15 is 0 Å². The second-order valence-electron chi connectivity index (χ2n) is 4.24. The van der Waals surface area contributed by atoms with Gasteiger partial charge in [-0.3, -0.25) is 0 Å². The molecule has 2 aromatic rings. The molecule has 0 unspecified atom stereocenters. The first-order valence-electron chi connectivity index (χ1n) is 6.34. The fourth-order valence-corrected chi connectivity index (χ4v) is 3.57. The van der Waals surface area contributed by atoms with Crippen LogP contribution in [0.4, 0.5) is 5.13 Å². The Morgan fingerprint density at radius 1 is 1.27 bits per heavy atom. The Kier molecular flexibility index (Phi) is 5.22. The van der Waals surface area contributed by atoms with Gasteiger partial charge in [-0.25, -0.2) is 18.1 Å². The lowest BCUT2D eigenvalue weighted by Gasteiger charge is -2.11. The van der Waals surface area contributed by atoms with Crippen LogP contribution < -0.4 is 19.5 Å². The molecule has 0 aliphatic heterocycles. The molecule has 1 aromatic heterocycles. The summed E-state index contributed by atoms with van der Waals surface area (Å²) in [6.45, 7) is 0.107. The van der Waals surface area contributed by atoms with Gasteiger partial charge >= 0.3 is 0 Å². The maximum atomic E-state index is 12.4. The number of hydrogen-bond donors (Lipinski definition) is 2. The first-order chi connectivity index (χ1) is 10.5. The molecular weight excluding hydrogens is 326 g/mol. The quantitative estimate of drug-likeness (QED) is 0.795. The number of ether oxygens (including phenoxy) is 2. The molecule has 0 atom stereocenters. The van der Waals surface area contributed by atoms with Crippen molar-refractivity contribution in [1.29, 1.82) is 0 Å². The minimum Gasteiger partial charge on any atom is -0.497 e. The third-order valence-electron chi connectivity index (χ3n) is 2.87. The zero-order valence-corrected chi connectivity index (χ0v) is 14.0. The van der Waals surface area contributed by atoms with Crippen LogP contribution in [0.3, 0.4) is 0 Å². The van der Waals surface area contributed by atoms with Crippen LogP contribution in [0.5, 0.6) is 11.5 Å². The van der Waals surface area contributed by atoms with E-state index < -0.39 is 10.0 Å². The number of nitrogens with zero attached hydrogens (tertiary/aromatic N) is 1. The third-order valence-corrected chi connectivity index (χ3v) is 5.22. The van der Waals surface area contributed by atoms with Gasteiger partial charge in [-0.15, -0.1) is 11.3 Å². The van der Waals surface area contributed by atoms with Crippen LogP contribution in [0.2, 0.25) is 0 Å². The van der Waals surface area contributed by atoms with Crippen molar-refractivity contribution in [3.05, 3.63) is 29.3 Å². The number of benzene rings is 1. The Balaban J connectivity index is 2.19. The topological polar surface area (TPSA) is 89.6 Å². The predicted octanol–water partition coefficient (Wildman–Crippen LogP) is 1.68. The first-order valence-corrected chi connectivity index (χ1v) is 8.70. The predicted molar refractivity (Wildman–Crippen MR) is 85.2 cm³/mol. The van der Waals surface area contributed by atoms with Gasteiger partial charge in [0.15, 0.2) is 5.13 Å². The van der Waals surface area contributed by atoms with Crippen molar-refractivity contribution in [3.63, 3.8) is 0 Å².